The largest absolute Gasteiger partial charge is 0.389 e. The van der Waals surface area contributed by atoms with E-state index in [9.17, 15) is 0 Å². The van der Waals surface area contributed by atoms with E-state index in [1.165, 1.54) is 25.0 Å². The summed E-state index contributed by atoms with van der Waals surface area (Å²) >= 11 is 13.1. The molecular formula is C13H17ClN2S2. The molecule has 0 amide bonds. The predicted octanol–water partition coefficient (Wildman–Crippen LogP) is 3.67. The Kier molecular flexibility index (Phi) is 5.15. The Balaban J connectivity index is 1.93. The van der Waals surface area contributed by atoms with Crippen LogP contribution in [0, 0.1) is 0 Å². The predicted molar refractivity (Wildman–Crippen MR) is 85.9 cm³/mol. The first-order valence-electron chi connectivity index (χ1n) is 6.11. The molecule has 0 radical (unpaired) electrons. The van der Waals surface area contributed by atoms with Crippen LogP contribution in [0.15, 0.2) is 18.2 Å². The summed E-state index contributed by atoms with van der Waals surface area (Å²) in [6.07, 6.45) is 4.01. The van der Waals surface area contributed by atoms with Crippen molar-refractivity contribution in [1.29, 1.82) is 0 Å². The fraction of sp³-hybridized carbons (Fsp3) is 0.462. The number of benzene rings is 1. The Morgan fingerprint density at radius 1 is 1.50 bits per heavy atom. The Morgan fingerprint density at radius 2 is 2.33 bits per heavy atom. The molecule has 2 nitrogen and oxygen atoms in total. The standard InChI is InChI=1S/C13H17ClN2S2/c14-12-7-9(4-5-11(12)13(15)17)16-8-10-3-1-2-6-18-10/h4-5,7,10,16H,1-3,6,8H2,(H2,15,17). The van der Waals surface area contributed by atoms with Gasteiger partial charge in [-0.15, -0.1) is 0 Å². The molecule has 0 aromatic heterocycles. The molecule has 1 aromatic rings. The number of nitrogens with two attached hydrogens (primary N) is 1. The minimum absolute atomic E-state index is 0.342. The lowest BCUT2D eigenvalue weighted by Gasteiger charge is -2.22. The van der Waals surface area contributed by atoms with Crippen molar-refractivity contribution in [3.8, 4) is 0 Å². The molecular weight excluding hydrogens is 284 g/mol. The van der Waals surface area contributed by atoms with Crippen LogP contribution in [0.3, 0.4) is 0 Å². The number of rotatable bonds is 4. The first-order valence-corrected chi connectivity index (χ1v) is 7.95. The van der Waals surface area contributed by atoms with E-state index in [1.807, 2.05) is 18.2 Å². The van der Waals surface area contributed by atoms with Gasteiger partial charge in [0.15, 0.2) is 0 Å². The number of thiocarbonyl (C=S) groups is 1. The summed E-state index contributed by atoms with van der Waals surface area (Å²) in [6, 6.07) is 5.75. The maximum absolute atomic E-state index is 6.13. The van der Waals surface area contributed by atoms with Gasteiger partial charge in [0.25, 0.3) is 0 Å². The molecule has 3 N–H and O–H groups in total. The topological polar surface area (TPSA) is 38.0 Å². The van der Waals surface area contributed by atoms with E-state index in [4.69, 9.17) is 29.6 Å². The van der Waals surface area contributed by atoms with Crippen molar-refractivity contribution in [3.05, 3.63) is 28.8 Å². The van der Waals surface area contributed by atoms with Crippen LogP contribution in [-0.4, -0.2) is 22.5 Å². The molecule has 1 fully saturated rings. The van der Waals surface area contributed by atoms with Crippen LogP contribution in [0.1, 0.15) is 24.8 Å². The molecule has 98 valence electrons. The minimum atomic E-state index is 0.342. The minimum Gasteiger partial charge on any atom is -0.389 e. The molecule has 18 heavy (non-hydrogen) atoms. The summed E-state index contributed by atoms with van der Waals surface area (Å²) in [4.78, 5) is 0.342. The Labute approximate surface area is 123 Å². The van der Waals surface area contributed by atoms with Crippen LogP contribution in [0.4, 0.5) is 5.69 Å². The Hall–Kier alpha value is -0.450. The van der Waals surface area contributed by atoms with Gasteiger partial charge in [-0.1, -0.05) is 30.2 Å². The lowest BCUT2D eigenvalue weighted by molar-refractivity contribution is 0.677. The van der Waals surface area contributed by atoms with Crippen LogP contribution in [-0.2, 0) is 0 Å². The van der Waals surface area contributed by atoms with Crippen molar-refractivity contribution >= 4 is 46.3 Å². The summed E-state index contributed by atoms with van der Waals surface area (Å²) in [5, 5.41) is 4.76. The Morgan fingerprint density at radius 3 is 2.94 bits per heavy atom. The molecule has 2 rings (SSSR count). The van der Waals surface area contributed by atoms with E-state index in [1.54, 1.807) is 0 Å². The second-order valence-corrected chi connectivity index (χ2v) is 6.68. The summed E-state index contributed by atoms with van der Waals surface area (Å²) in [5.74, 6) is 1.29. The number of halogens is 1. The number of nitrogens with one attached hydrogen (secondary N) is 1. The van der Waals surface area contributed by atoms with Crippen molar-refractivity contribution in [2.45, 2.75) is 24.5 Å². The van der Waals surface area contributed by atoms with Crippen molar-refractivity contribution < 1.29 is 0 Å². The Bertz CT molecular complexity index is 431. The molecule has 1 unspecified atom stereocenters. The van der Waals surface area contributed by atoms with Gasteiger partial charge in [0, 0.05) is 23.0 Å². The number of hydrogen-bond acceptors (Lipinski definition) is 3. The van der Waals surface area contributed by atoms with Crippen molar-refractivity contribution in [2.24, 2.45) is 5.73 Å². The van der Waals surface area contributed by atoms with E-state index < -0.39 is 0 Å². The summed E-state index contributed by atoms with van der Waals surface area (Å²) in [7, 11) is 0. The van der Waals surface area contributed by atoms with Crippen molar-refractivity contribution in [2.75, 3.05) is 17.6 Å². The van der Waals surface area contributed by atoms with E-state index in [0.29, 0.717) is 15.3 Å². The quantitative estimate of drug-likeness (QED) is 0.832. The zero-order valence-electron chi connectivity index (χ0n) is 10.1. The van der Waals surface area contributed by atoms with Crippen molar-refractivity contribution in [1.82, 2.24) is 0 Å². The van der Waals surface area contributed by atoms with Gasteiger partial charge < -0.3 is 11.1 Å². The smallest absolute Gasteiger partial charge is 0.105 e. The highest BCUT2D eigenvalue weighted by molar-refractivity contribution is 7.99. The van der Waals surface area contributed by atoms with Crippen LogP contribution in [0.2, 0.25) is 5.02 Å². The lowest BCUT2D eigenvalue weighted by atomic mass is 10.1. The highest BCUT2D eigenvalue weighted by atomic mass is 35.5. The fourth-order valence-corrected chi connectivity index (χ4v) is 3.78. The van der Waals surface area contributed by atoms with Crippen LogP contribution < -0.4 is 11.1 Å². The van der Waals surface area contributed by atoms with Gasteiger partial charge in [-0.3, -0.25) is 0 Å². The third-order valence-electron chi connectivity index (χ3n) is 3.04. The van der Waals surface area contributed by atoms with Gasteiger partial charge in [0.2, 0.25) is 0 Å². The maximum atomic E-state index is 6.13. The van der Waals surface area contributed by atoms with E-state index in [0.717, 1.165) is 17.8 Å². The van der Waals surface area contributed by atoms with Gasteiger partial charge in [0.05, 0.1) is 5.02 Å². The van der Waals surface area contributed by atoms with Gasteiger partial charge in [-0.05, 0) is 36.8 Å². The van der Waals surface area contributed by atoms with Crippen LogP contribution in [0.25, 0.3) is 0 Å². The van der Waals surface area contributed by atoms with Crippen LogP contribution in [0.5, 0.6) is 0 Å². The number of anilines is 1. The molecule has 1 saturated heterocycles. The zero-order chi connectivity index (χ0) is 13.0. The van der Waals surface area contributed by atoms with E-state index in [-0.39, 0.29) is 0 Å². The van der Waals surface area contributed by atoms with Gasteiger partial charge in [-0.25, -0.2) is 0 Å². The lowest BCUT2D eigenvalue weighted by Crippen LogP contribution is -2.20. The molecule has 5 heteroatoms. The first-order chi connectivity index (χ1) is 8.66. The number of thioether (sulfide) groups is 1. The van der Waals surface area contributed by atoms with Gasteiger partial charge >= 0.3 is 0 Å². The summed E-state index contributed by atoms with van der Waals surface area (Å²) in [6.45, 7) is 0.993. The first kappa shape index (κ1) is 14.0. The fourth-order valence-electron chi connectivity index (χ4n) is 2.02. The van der Waals surface area contributed by atoms with Gasteiger partial charge in [-0.2, -0.15) is 11.8 Å². The SMILES string of the molecule is NC(=S)c1ccc(NCC2CCCCS2)cc1Cl. The second kappa shape index (κ2) is 6.64. The van der Waals surface area contributed by atoms with E-state index >= 15 is 0 Å². The third kappa shape index (κ3) is 3.77. The monoisotopic (exact) mass is 300 g/mol. The zero-order valence-corrected chi connectivity index (χ0v) is 12.5. The molecule has 1 aliphatic rings. The molecule has 0 aliphatic carbocycles. The molecule has 1 atom stereocenters. The molecule has 0 bridgehead atoms. The summed E-state index contributed by atoms with van der Waals surface area (Å²) < 4.78 is 0. The van der Waals surface area contributed by atoms with Crippen LogP contribution >= 0.6 is 35.6 Å². The second-order valence-electron chi connectivity index (χ2n) is 4.43. The molecule has 1 aromatic carbocycles. The average molecular weight is 301 g/mol. The number of hydrogen-bond donors (Lipinski definition) is 2. The van der Waals surface area contributed by atoms with E-state index in [2.05, 4.69) is 17.1 Å². The molecule has 1 heterocycles. The van der Waals surface area contributed by atoms with Crippen molar-refractivity contribution in [3.63, 3.8) is 0 Å². The summed E-state index contributed by atoms with van der Waals surface area (Å²) in [5.41, 5.74) is 7.35. The highest BCUT2D eigenvalue weighted by Gasteiger charge is 2.13. The van der Waals surface area contributed by atoms with Gasteiger partial charge in [0.1, 0.15) is 4.99 Å². The molecule has 1 aliphatic heterocycles. The molecule has 0 saturated carbocycles. The normalized spacial score (nSPS) is 19.5. The third-order valence-corrected chi connectivity index (χ3v) is 4.97. The average Bonchev–Trinajstić information content (AvgIpc) is 2.37. The maximum Gasteiger partial charge on any atom is 0.105 e. The molecule has 0 spiro atoms. The highest BCUT2D eigenvalue weighted by Crippen LogP contribution is 2.26.